The normalized spacial score (nSPS) is 13.6. The van der Waals surface area contributed by atoms with Crippen LogP contribution in [0.2, 0.25) is 0 Å². The zero-order valence-corrected chi connectivity index (χ0v) is 32.9. The number of fused-ring (bicyclic) bond motifs is 5. The fraction of sp³-hybridized carbons (Fsp3) is 0.0370. The summed E-state index contributed by atoms with van der Waals surface area (Å²) in [6.45, 7) is 6.33. The van der Waals surface area contributed by atoms with Crippen LogP contribution in [0.25, 0.3) is 25.9 Å². The lowest BCUT2D eigenvalue weighted by Gasteiger charge is -2.46. The third-order valence-electron chi connectivity index (χ3n) is 11.3. The van der Waals surface area contributed by atoms with Gasteiger partial charge < -0.3 is 4.90 Å². The molecule has 0 spiro atoms. The van der Waals surface area contributed by atoms with Crippen LogP contribution in [0.15, 0.2) is 223 Å². The van der Waals surface area contributed by atoms with Crippen LogP contribution in [0.3, 0.4) is 0 Å². The summed E-state index contributed by atoms with van der Waals surface area (Å²) in [4.78, 5) is 12.5. The van der Waals surface area contributed by atoms with Crippen molar-refractivity contribution in [3.8, 4) is 0 Å². The molecule has 10 rings (SSSR count). The van der Waals surface area contributed by atoms with E-state index in [1.165, 1.54) is 42.4 Å². The Labute approximate surface area is 343 Å². The van der Waals surface area contributed by atoms with E-state index in [1.54, 1.807) is 0 Å². The first-order valence-electron chi connectivity index (χ1n) is 19.6. The highest BCUT2D eigenvalue weighted by Gasteiger charge is 2.46. The number of nitrogens with zero attached hydrogens (tertiary/aromatic N) is 3. The second-order valence-electron chi connectivity index (χ2n) is 14.7. The zero-order chi connectivity index (χ0) is 39.1. The fourth-order valence-corrected chi connectivity index (χ4v) is 9.69. The van der Waals surface area contributed by atoms with Gasteiger partial charge in [0.25, 0.3) is 0 Å². The molecule has 0 N–H and O–H groups in total. The van der Waals surface area contributed by atoms with Crippen molar-refractivity contribution in [1.82, 2.24) is 0 Å². The lowest BCUT2D eigenvalue weighted by atomic mass is 9.62. The molecule has 0 saturated heterocycles. The van der Waals surface area contributed by atoms with Crippen molar-refractivity contribution in [2.24, 2.45) is 9.98 Å². The molecule has 58 heavy (non-hydrogen) atoms. The van der Waals surface area contributed by atoms with Gasteiger partial charge in [0.1, 0.15) is 0 Å². The molecule has 0 fully saturated rings. The Hall–Kier alpha value is -7.14. The van der Waals surface area contributed by atoms with Crippen molar-refractivity contribution < 1.29 is 0 Å². The van der Waals surface area contributed by atoms with Gasteiger partial charge in [-0.1, -0.05) is 170 Å². The maximum Gasteiger partial charge on any atom is 0.160 e. The van der Waals surface area contributed by atoms with Gasteiger partial charge in [0, 0.05) is 37.1 Å². The first-order chi connectivity index (χ1) is 28.6. The van der Waals surface area contributed by atoms with Gasteiger partial charge in [0.15, 0.2) is 5.84 Å². The molecule has 0 atom stereocenters. The van der Waals surface area contributed by atoms with Crippen LogP contribution in [0.5, 0.6) is 0 Å². The quantitative estimate of drug-likeness (QED) is 0.117. The summed E-state index contributed by atoms with van der Waals surface area (Å²) in [6.07, 6.45) is 0. The average Bonchev–Trinajstić information content (AvgIpc) is 3.67. The molecular weight excluding hydrogens is 723 g/mol. The van der Waals surface area contributed by atoms with E-state index < -0.39 is 5.41 Å². The van der Waals surface area contributed by atoms with E-state index in [2.05, 4.69) is 157 Å². The van der Waals surface area contributed by atoms with Crippen LogP contribution >= 0.6 is 11.3 Å². The fourth-order valence-electron chi connectivity index (χ4n) is 8.60. The van der Waals surface area contributed by atoms with Gasteiger partial charge in [-0.3, -0.25) is 0 Å². The summed E-state index contributed by atoms with van der Waals surface area (Å²) in [7, 11) is 0. The first-order valence-corrected chi connectivity index (χ1v) is 20.4. The van der Waals surface area contributed by atoms with Crippen molar-refractivity contribution in [3.63, 3.8) is 0 Å². The van der Waals surface area contributed by atoms with Crippen molar-refractivity contribution in [1.29, 1.82) is 0 Å². The van der Waals surface area contributed by atoms with Gasteiger partial charge in [-0.05, 0) is 82.8 Å². The maximum atomic E-state index is 5.11. The molecule has 0 unspecified atom stereocenters. The van der Waals surface area contributed by atoms with Crippen LogP contribution < -0.4 is 4.90 Å². The van der Waals surface area contributed by atoms with Crippen LogP contribution in [0.1, 0.15) is 45.9 Å². The van der Waals surface area contributed by atoms with Crippen LogP contribution in [-0.4, -0.2) is 11.5 Å². The molecule has 0 bridgehead atoms. The van der Waals surface area contributed by atoms with Crippen LogP contribution in [-0.2, 0) is 5.41 Å². The Kier molecular flexibility index (Phi) is 8.97. The lowest BCUT2D eigenvalue weighted by molar-refractivity contribution is 0.732. The number of rotatable bonds is 7. The van der Waals surface area contributed by atoms with E-state index in [0.29, 0.717) is 11.5 Å². The molecule has 8 aromatic carbocycles. The zero-order valence-electron chi connectivity index (χ0n) is 32.1. The largest absolute Gasteiger partial charge is 0.310 e. The molecule has 2 heterocycles. The number of hydrogen-bond donors (Lipinski definition) is 0. The third-order valence-corrected chi connectivity index (χ3v) is 12.5. The van der Waals surface area contributed by atoms with E-state index in [0.717, 1.165) is 39.5 Å². The van der Waals surface area contributed by atoms with Crippen molar-refractivity contribution in [2.75, 3.05) is 4.90 Å². The summed E-state index contributed by atoms with van der Waals surface area (Å²) in [5.41, 5.74) is 12.2. The highest BCUT2D eigenvalue weighted by molar-refractivity contribution is 7.25. The Balaban J connectivity index is 1.10. The third kappa shape index (κ3) is 5.98. The molecule has 0 radical (unpaired) electrons. The Morgan fingerprint density at radius 1 is 0.483 bits per heavy atom. The smallest absolute Gasteiger partial charge is 0.160 e. The SMILES string of the molecule is C=C(N=C(N=C(C)c1ccc(N2c3ccccc3C(c3ccccc3)(c3ccc4sc5ccccc5c4c3)c3ccccc32)cc1)c1ccccc1)c1ccccc1. The number of hydrogen-bond acceptors (Lipinski definition) is 3. The lowest BCUT2D eigenvalue weighted by Crippen LogP contribution is -2.37. The van der Waals surface area contributed by atoms with E-state index in [9.17, 15) is 0 Å². The molecular formula is C54H39N3S. The van der Waals surface area contributed by atoms with Crippen LogP contribution in [0, 0.1) is 0 Å². The molecule has 4 heteroatoms. The van der Waals surface area contributed by atoms with Crippen LogP contribution in [0.4, 0.5) is 17.1 Å². The average molecular weight is 762 g/mol. The number of thiophene rings is 1. The van der Waals surface area contributed by atoms with Crippen molar-refractivity contribution in [3.05, 3.63) is 252 Å². The number of anilines is 3. The summed E-state index contributed by atoms with van der Waals surface area (Å²) in [5.74, 6) is 0.626. The molecule has 1 aliphatic heterocycles. The molecule has 0 aliphatic carbocycles. The second kappa shape index (κ2) is 14.7. The molecule has 0 amide bonds. The number of aliphatic imine (C=N–C) groups is 2. The van der Waals surface area contributed by atoms with E-state index in [4.69, 9.17) is 9.98 Å². The molecule has 3 nitrogen and oxygen atoms in total. The highest BCUT2D eigenvalue weighted by atomic mass is 32.1. The monoisotopic (exact) mass is 761 g/mol. The Bertz CT molecular complexity index is 2970. The molecule has 1 aliphatic rings. The van der Waals surface area contributed by atoms with Crippen molar-refractivity contribution in [2.45, 2.75) is 12.3 Å². The van der Waals surface area contributed by atoms with Gasteiger partial charge in [-0.15, -0.1) is 11.3 Å². The van der Waals surface area contributed by atoms with Gasteiger partial charge in [-0.25, -0.2) is 9.98 Å². The Morgan fingerprint density at radius 2 is 1.03 bits per heavy atom. The molecule has 276 valence electrons. The summed E-state index contributed by atoms with van der Waals surface area (Å²) in [5, 5.41) is 2.59. The summed E-state index contributed by atoms with van der Waals surface area (Å²) in [6, 6.07) is 73.7. The standard InChI is InChI=1S/C54H39N3S/c1-37(39-18-6-3-7-19-39)55-53(41-20-8-4-9-21-41)56-38(2)40-30-33-44(34-31-40)57-49-27-15-13-25-47(49)54(42-22-10-5-11-23-42,48-26-14-16-28-50(48)57)43-32-35-52-46(36-43)45-24-12-17-29-51(45)58-52/h3-36H,1H2,2H3. The maximum absolute atomic E-state index is 5.11. The molecule has 0 saturated carbocycles. The minimum absolute atomic E-state index is 0.567. The molecule has 1 aromatic heterocycles. The highest BCUT2D eigenvalue weighted by Crippen LogP contribution is 2.58. The summed E-state index contributed by atoms with van der Waals surface area (Å²) >= 11 is 1.86. The van der Waals surface area contributed by atoms with Crippen molar-refractivity contribution >= 4 is 65.8 Å². The van der Waals surface area contributed by atoms with Gasteiger partial charge >= 0.3 is 0 Å². The summed E-state index contributed by atoms with van der Waals surface area (Å²) < 4.78 is 2.61. The number of amidine groups is 1. The first kappa shape index (κ1) is 35.3. The van der Waals surface area contributed by atoms with E-state index in [1.807, 2.05) is 78.9 Å². The van der Waals surface area contributed by atoms with Gasteiger partial charge in [-0.2, -0.15) is 0 Å². The molecule has 9 aromatic rings. The second-order valence-corrected chi connectivity index (χ2v) is 15.7. The number of benzene rings is 8. The Morgan fingerprint density at radius 3 is 1.71 bits per heavy atom. The number of para-hydroxylation sites is 2. The predicted octanol–water partition coefficient (Wildman–Crippen LogP) is 14.1. The topological polar surface area (TPSA) is 28.0 Å². The van der Waals surface area contributed by atoms with Gasteiger partial charge in [0.05, 0.1) is 22.5 Å². The predicted molar refractivity (Wildman–Crippen MR) is 247 cm³/mol. The van der Waals surface area contributed by atoms with Gasteiger partial charge in [0.2, 0.25) is 0 Å². The minimum atomic E-state index is -0.567. The van der Waals surface area contributed by atoms with E-state index in [-0.39, 0.29) is 0 Å². The van der Waals surface area contributed by atoms with E-state index >= 15 is 0 Å². The minimum Gasteiger partial charge on any atom is -0.310 e.